The maximum absolute atomic E-state index is 3.71. The zero-order valence-electron chi connectivity index (χ0n) is 8.76. The van der Waals surface area contributed by atoms with Crippen LogP contribution >= 0.6 is 0 Å². The summed E-state index contributed by atoms with van der Waals surface area (Å²) in [6.45, 7) is 12.0. The van der Waals surface area contributed by atoms with Crippen molar-refractivity contribution in [3.63, 3.8) is 0 Å². The molecule has 0 amide bonds. The smallest absolute Gasteiger partial charge is 0.00222 e. The van der Waals surface area contributed by atoms with Crippen molar-refractivity contribution in [2.24, 2.45) is 5.92 Å². The van der Waals surface area contributed by atoms with Crippen LogP contribution in [-0.2, 0) is 0 Å². The fourth-order valence-corrected chi connectivity index (χ4v) is 1.88. The zero-order chi connectivity index (χ0) is 9.52. The van der Waals surface area contributed by atoms with E-state index in [0.717, 1.165) is 18.9 Å². The van der Waals surface area contributed by atoms with Gasteiger partial charge in [-0.15, -0.1) is 6.58 Å². The Morgan fingerprint density at radius 3 is 3.08 bits per heavy atom. The summed E-state index contributed by atoms with van der Waals surface area (Å²) in [6, 6.07) is 0. The van der Waals surface area contributed by atoms with E-state index < -0.39 is 0 Å². The predicted octanol–water partition coefficient (Wildman–Crippen LogP) is 1.49. The summed E-state index contributed by atoms with van der Waals surface area (Å²) in [6.07, 6.45) is 4.43. The lowest BCUT2D eigenvalue weighted by Crippen LogP contribution is -2.26. The van der Waals surface area contributed by atoms with E-state index in [9.17, 15) is 0 Å². The molecule has 2 nitrogen and oxygen atoms in total. The number of hydrogen-bond acceptors (Lipinski definition) is 2. The van der Waals surface area contributed by atoms with Crippen LogP contribution in [-0.4, -0.2) is 37.6 Å². The highest BCUT2D eigenvalue weighted by Gasteiger charge is 2.19. The molecule has 1 saturated heterocycles. The molecule has 1 aliphatic heterocycles. The van der Waals surface area contributed by atoms with Gasteiger partial charge in [-0.3, -0.25) is 0 Å². The lowest BCUT2D eigenvalue weighted by atomic mass is 10.1. The van der Waals surface area contributed by atoms with E-state index in [1.165, 1.54) is 32.6 Å². The molecule has 0 aliphatic carbocycles. The van der Waals surface area contributed by atoms with Crippen LogP contribution in [0.15, 0.2) is 12.7 Å². The zero-order valence-corrected chi connectivity index (χ0v) is 8.76. The van der Waals surface area contributed by atoms with Crippen molar-refractivity contribution < 1.29 is 0 Å². The van der Waals surface area contributed by atoms with E-state index in [-0.39, 0.29) is 0 Å². The summed E-state index contributed by atoms with van der Waals surface area (Å²) in [5, 5.41) is 3.47. The molecule has 0 aromatic carbocycles. The van der Waals surface area contributed by atoms with E-state index in [4.69, 9.17) is 0 Å². The molecule has 0 radical (unpaired) electrons. The second kappa shape index (κ2) is 6.17. The molecule has 0 saturated carbocycles. The van der Waals surface area contributed by atoms with Crippen LogP contribution in [0.1, 0.15) is 19.8 Å². The van der Waals surface area contributed by atoms with Gasteiger partial charge in [0, 0.05) is 6.54 Å². The molecule has 1 N–H and O–H groups in total. The monoisotopic (exact) mass is 182 g/mol. The number of likely N-dealkylation sites (tertiary alicyclic amines) is 1. The van der Waals surface area contributed by atoms with Crippen LogP contribution in [0, 0.1) is 5.92 Å². The minimum Gasteiger partial charge on any atom is -0.316 e. The normalized spacial score (nSPS) is 23.6. The fraction of sp³-hybridized carbons (Fsp3) is 0.818. The number of nitrogens with one attached hydrogen (secondary N) is 1. The number of nitrogens with zero attached hydrogens (tertiary/aromatic N) is 1. The number of hydrogen-bond donors (Lipinski definition) is 1. The number of rotatable bonds is 6. The molecular formula is C11H22N2. The van der Waals surface area contributed by atoms with Crippen LogP contribution in [0.4, 0.5) is 0 Å². The Bertz CT molecular complexity index is 145. The molecule has 76 valence electrons. The van der Waals surface area contributed by atoms with Crippen LogP contribution in [0.2, 0.25) is 0 Å². The highest BCUT2D eigenvalue weighted by molar-refractivity contribution is 4.77. The first-order valence-electron chi connectivity index (χ1n) is 5.40. The average molecular weight is 182 g/mol. The van der Waals surface area contributed by atoms with Crippen LogP contribution < -0.4 is 5.32 Å². The van der Waals surface area contributed by atoms with Crippen molar-refractivity contribution >= 4 is 0 Å². The van der Waals surface area contributed by atoms with E-state index in [0.29, 0.717) is 0 Å². The van der Waals surface area contributed by atoms with Gasteiger partial charge in [-0.1, -0.05) is 13.0 Å². The Morgan fingerprint density at radius 1 is 1.62 bits per heavy atom. The molecule has 1 aliphatic rings. The molecule has 0 aromatic heterocycles. The molecule has 0 bridgehead atoms. The van der Waals surface area contributed by atoms with Crippen molar-refractivity contribution in [2.75, 3.05) is 32.7 Å². The summed E-state index contributed by atoms with van der Waals surface area (Å²) in [4.78, 5) is 2.53. The van der Waals surface area contributed by atoms with E-state index >= 15 is 0 Å². The first-order valence-corrected chi connectivity index (χ1v) is 5.40. The van der Waals surface area contributed by atoms with Gasteiger partial charge in [-0.05, 0) is 44.9 Å². The van der Waals surface area contributed by atoms with Crippen molar-refractivity contribution in [3.05, 3.63) is 12.7 Å². The Morgan fingerprint density at radius 2 is 2.46 bits per heavy atom. The summed E-state index contributed by atoms with van der Waals surface area (Å²) in [7, 11) is 0. The summed E-state index contributed by atoms with van der Waals surface area (Å²) < 4.78 is 0. The van der Waals surface area contributed by atoms with E-state index in [1.807, 2.05) is 6.08 Å². The predicted molar refractivity (Wildman–Crippen MR) is 57.9 cm³/mol. The lowest BCUT2D eigenvalue weighted by Gasteiger charge is -2.13. The minimum absolute atomic E-state index is 0.879. The summed E-state index contributed by atoms with van der Waals surface area (Å²) in [5.74, 6) is 0.879. The largest absolute Gasteiger partial charge is 0.316 e. The van der Waals surface area contributed by atoms with Gasteiger partial charge in [0.15, 0.2) is 0 Å². The van der Waals surface area contributed by atoms with Gasteiger partial charge in [-0.2, -0.15) is 0 Å². The summed E-state index contributed by atoms with van der Waals surface area (Å²) in [5.41, 5.74) is 0. The third-order valence-electron chi connectivity index (χ3n) is 2.78. The molecule has 1 unspecified atom stereocenters. The van der Waals surface area contributed by atoms with E-state index in [2.05, 4.69) is 23.7 Å². The van der Waals surface area contributed by atoms with Gasteiger partial charge < -0.3 is 10.2 Å². The fourth-order valence-electron chi connectivity index (χ4n) is 1.88. The second-order valence-electron chi connectivity index (χ2n) is 3.83. The molecular weight excluding hydrogens is 160 g/mol. The first kappa shape index (κ1) is 10.7. The van der Waals surface area contributed by atoms with Crippen LogP contribution in [0.25, 0.3) is 0 Å². The van der Waals surface area contributed by atoms with Crippen molar-refractivity contribution in [1.29, 1.82) is 0 Å². The maximum atomic E-state index is 3.71. The maximum Gasteiger partial charge on any atom is 0.00222 e. The van der Waals surface area contributed by atoms with Gasteiger partial charge in [0.05, 0.1) is 0 Å². The Kier molecular flexibility index (Phi) is 5.09. The Hall–Kier alpha value is -0.340. The average Bonchev–Trinajstić information content (AvgIpc) is 2.60. The van der Waals surface area contributed by atoms with Gasteiger partial charge >= 0.3 is 0 Å². The highest BCUT2D eigenvalue weighted by Crippen LogP contribution is 2.14. The van der Waals surface area contributed by atoms with Gasteiger partial charge in [0.2, 0.25) is 0 Å². The first-order chi connectivity index (χ1) is 6.36. The molecule has 2 heteroatoms. The van der Waals surface area contributed by atoms with Crippen molar-refractivity contribution in [1.82, 2.24) is 10.2 Å². The van der Waals surface area contributed by atoms with Crippen LogP contribution in [0.5, 0.6) is 0 Å². The second-order valence-corrected chi connectivity index (χ2v) is 3.83. The summed E-state index contributed by atoms with van der Waals surface area (Å²) >= 11 is 0. The molecule has 13 heavy (non-hydrogen) atoms. The third kappa shape index (κ3) is 3.92. The molecule has 1 atom stereocenters. The van der Waals surface area contributed by atoms with Crippen molar-refractivity contribution in [3.8, 4) is 0 Å². The topological polar surface area (TPSA) is 15.3 Å². The van der Waals surface area contributed by atoms with Gasteiger partial charge in [-0.25, -0.2) is 0 Å². The molecule has 1 fully saturated rings. The lowest BCUT2D eigenvalue weighted by molar-refractivity contribution is 0.339. The standard InChI is InChI=1S/C11H22N2/c1-3-5-7-12-9-11-6-8-13(4-2)10-11/h3,11-12H,1,4-10H2,2H3. The molecule has 1 rings (SSSR count). The Labute approximate surface area is 82.0 Å². The van der Waals surface area contributed by atoms with Crippen LogP contribution in [0.3, 0.4) is 0 Å². The highest BCUT2D eigenvalue weighted by atomic mass is 15.1. The van der Waals surface area contributed by atoms with E-state index in [1.54, 1.807) is 0 Å². The molecule has 1 heterocycles. The van der Waals surface area contributed by atoms with Crippen molar-refractivity contribution in [2.45, 2.75) is 19.8 Å². The quantitative estimate of drug-likeness (QED) is 0.494. The molecule has 0 spiro atoms. The Balaban J connectivity index is 2.00. The molecule has 0 aromatic rings. The van der Waals surface area contributed by atoms with Gasteiger partial charge in [0.1, 0.15) is 0 Å². The minimum atomic E-state index is 0.879. The SMILES string of the molecule is C=CCCNCC1CCN(CC)C1. The third-order valence-corrected chi connectivity index (χ3v) is 2.78. The van der Waals surface area contributed by atoms with Gasteiger partial charge in [0.25, 0.3) is 0 Å².